The number of benzene rings is 2. The van der Waals surface area contributed by atoms with E-state index >= 15 is 0 Å². The highest BCUT2D eigenvalue weighted by Crippen LogP contribution is 2.28. The predicted molar refractivity (Wildman–Crippen MR) is 128 cm³/mol. The van der Waals surface area contributed by atoms with Crippen LogP contribution in [0.4, 0.5) is 5.69 Å². The van der Waals surface area contributed by atoms with E-state index < -0.39 is 0 Å². The SMILES string of the molecule is COc1ccccc1N1CCN(C(=O)CCn2nc(-c3ccc(Br)cc3)ccc2=O)CC1. The van der Waals surface area contributed by atoms with Crippen LogP contribution in [0.1, 0.15) is 6.42 Å². The van der Waals surface area contributed by atoms with Crippen LogP contribution in [0.3, 0.4) is 0 Å². The summed E-state index contributed by atoms with van der Waals surface area (Å²) in [4.78, 5) is 29.1. The molecule has 0 radical (unpaired) electrons. The molecule has 0 N–H and O–H groups in total. The fourth-order valence-electron chi connectivity index (χ4n) is 3.83. The zero-order chi connectivity index (χ0) is 22.5. The molecule has 32 heavy (non-hydrogen) atoms. The number of aromatic nitrogens is 2. The number of ether oxygens (including phenoxy) is 1. The molecule has 1 aliphatic heterocycles. The number of carbonyl (C=O) groups excluding carboxylic acids is 1. The van der Waals surface area contributed by atoms with E-state index in [1.54, 1.807) is 13.2 Å². The first-order valence-corrected chi connectivity index (χ1v) is 11.3. The molecule has 4 rings (SSSR count). The minimum absolute atomic E-state index is 0.0346. The van der Waals surface area contributed by atoms with Gasteiger partial charge in [0.2, 0.25) is 5.91 Å². The molecule has 0 atom stereocenters. The molecule has 1 fully saturated rings. The van der Waals surface area contributed by atoms with Crippen LogP contribution in [0, 0.1) is 0 Å². The molecule has 1 amide bonds. The molecule has 0 unspecified atom stereocenters. The highest BCUT2D eigenvalue weighted by molar-refractivity contribution is 9.10. The smallest absolute Gasteiger partial charge is 0.266 e. The van der Waals surface area contributed by atoms with Gasteiger partial charge in [0, 0.05) is 48.7 Å². The largest absolute Gasteiger partial charge is 0.495 e. The molecule has 8 heteroatoms. The van der Waals surface area contributed by atoms with Crippen molar-refractivity contribution in [1.82, 2.24) is 14.7 Å². The standard InChI is InChI=1S/C24H25BrN4O3/c1-32-22-5-3-2-4-21(22)27-14-16-28(17-15-27)23(30)12-13-29-24(31)11-10-20(26-29)18-6-8-19(25)9-7-18/h2-11H,12-17H2,1H3. The first-order valence-electron chi connectivity index (χ1n) is 10.5. The zero-order valence-corrected chi connectivity index (χ0v) is 19.5. The highest BCUT2D eigenvalue weighted by Gasteiger charge is 2.22. The van der Waals surface area contributed by atoms with Gasteiger partial charge in [0.25, 0.3) is 5.56 Å². The lowest BCUT2D eigenvalue weighted by Gasteiger charge is -2.36. The van der Waals surface area contributed by atoms with Crippen LogP contribution >= 0.6 is 15.9 Å². The molecule has 1 aliphatic rings. The quantitative estimate of drug-likeness (QED) is 0.522. The van der Waals surface area contributed by atoms with E-state index in [-0.39, 0.29) is 24.4 Å². The Morgan fingerprint density at radius 1 is 1.00 bits per heavy atom. The van der Waals surface area contributed by atoms with Gasteiger partial charge in [0.05, 0.1) is 25.0 Å². The van der Waals surface area contributed by atoms with Gasteiger partial charge in [-0.1, -0.05) is 40.2 Å². The number of nitrogens with zero attached hydrogens (tertiary/aromatic N) is 4. The monoisotopic (exact) mass is 496 g/mol. The number of hydrogen-bond donors (Lipinski definition) is 0. The summed E-state index contributed by atoms with van der Waals surface area (Å²) >= 11 is 3.42. The summed E-state index contributed by atoms with van der Waals surface area (Å²) in [5.41, 5.74) is 2.46. The zero-order valence-electron chi connectivity index (χ0n) is 17.9. The van der Waals surface area contributed by atoms with E-state index in [0.717, 1.165) is 34.6 Å². The lowest BCUT2D eigenvalue weighted by molar-refractivity contribution is -0.131. The number of methoxy groups -OCH3 is 1. The average Bonchev–Trinajstić information content (AvgIpc) is 2.84. The number of amides is 1. The molecule has 2 aromatic carbocycles. The first-order chi connectivity index (χ1) is 15.5. The molecule has 7 nitrogen and oxygen atoms in total. The lowest BCUT2D eigenvalue weighted by Crippen LogP contribution is -2.49. The van der Waals surface area contributed by atoms with Crippen molar-refractivity contribution < 1.29 is 9.53 Å². The summed E-state index contributed by atoms with van der Waals surface area (Å²) in [6.45, 7) is 3.01. The number of aryl methyl sites for hydroxylation is 1. The third kappa shape index (κ3) is 5.02. The minimum atomic E-state index is -0.209. The maximum absolute atomic E-state index is 12.8. The van der Waals surface area contributed by atoms with Crippen molar-refractivity contribution in [2.75, 3.05) is 38.2 Å². The van der Waals surface area contributed by atoms with E-state index in [2.05, 4.69) is 25.9 Å². The minimum Gasteiger partial charge on any atom is -0.495 e. The van der Waals surface area contributed by atoms with Gasteiger partial charge in [0.1, 0.15) is 5.75 Å². The number of piperazine rings is 1. The Morgan fingerprint density at radius 3 is 2.44 bits per heavy atom. The second-order valence-corrected chi connectivity index (χ2v) is 8.49. The number of rotatable bonds is 6. The fourth-order valence-corrected chi connectivity index (χ4v) is 4.10. The highest BCUT2D eigenvalue weighted by atomic mass is 79.9. The number of carbonyl (C=O) groups is 1. The van der Waals surface area contributed by atoms with E-state index in [4.69, 9.17) is 4.74 Å². The third-order valence-electron chi connectivity index (χ3n) is 5.60. The third-order valence-corrected chi connectivity index (χ3v) is 6.13. The number of anilines is 1. The topological polar surface area (TPSA) is 67.7 Å². The van der Waals surface area contributed by atoms with Gasteiger partial charge in [-0.3, -0.25) is 9.59 Å². The summed E-state index contributed by atoms with van der Waals surface area (Å²) in [5, 5.41) is 4.46. The second kappa shape index (κ2) is 9.99. The predicted octanol–water partition coefficient (Wildman–Crippen LogP) is 3.42. The van der Waals surface area contributed by atoms with Crippen molar-refractivity contribution >= 4 is 27.5 Å². The van der Waals surface area contributed by atoms with Gasteiger partial charge < -0.3 is 14.5 Å². The van der Waals surface area contributed by atoms with Crippen LogP contribution < -0.4 is 15.2 Å². The maximum atomic E-state index is 12.8. The molecular formula is C24H25BrN4O3. The van der Waals surface area contributed by atoms with Crippen LogP contribution in [-0.4, -0.2) is 53.9 Å². The summed E-state index contributed by atoms with van der Waals surface area (Å²) in [5.74, 6) is 0.871. The van der Waals surface area contributed by atoms with Crippen LogP contribution in [0.15, 0.2) is 69.9 Å². The molecule has 2 heterocycles. The Hall–Kier alpha value is -3.13. The molecule has 1 saturated heterocycles. The van der Waals surface area contributed by atoms with E-state index in [1.807, 2.05) is 53.4 Å². The van der Waals surface area contributed by atoms with Crippen molar-refractivity contribution in [2.45, 2.75) is 13.0 Å². The van der Waals surface area contributed by atoms with Gasteiger partial charge >= 0.3 is 0 Å². The van der Waals surface area contributed by atoms with Gasteiger partial charge in [-0.25, -0.2) is 4.68 Å². The summed E-state index contributed by atoms with van der Waals surface area (Å²) < 4.78 is 7.81. The van der Waals surface area contributed by atoms with Crippen molar-refractivity contribution in [3.05, 3.63) is 75.5 Å². The van der Waals surface area contributed by atoms with Gasteiger partial charge in [-0.2, -0.15) is 5.10 Å². The van der Waals surface area contributed by atoms with Gasteiger partial charge in [-0.15, -0.1) is 0 Å². The van der Waals surface area contributed by atoms with E-state index in [0.29, 0.717) is 18.8 Å². The van der Waals surface area contributed by atoms with Gasteiger partial charge in [0.15, 0.2) is 0 Å². The molecule has 3 aromatic rings. The molecule has 0 saturated carbocycles. The Labute approximate surface area is 195 Å². The van der Waals surface area contributed by atoms with Crippen LogP contribution in [0.25, 0.3) is 11.3 Å². The average molecular weight is 497 g/mol. The molecular weight excluding hydrogens is 472 g/mol. The summed E-state index contributed by atoms with van der Waals surface area (Å²) in [7, 11) is 1.67. The second-order valence-electron chi connectivity index (χ2n) is 7.58. The molecule has 166 valence electrons. The van der Waals surface area contributed by atoms with Crippen molar-refractivity contribution in [3.8, 4) is 17.0 Å². The lowest BCUT2D eigenvalue weighted by atomic mass is 10.1. The Bertz CT molecular complexity index is 1140. The molecule has 0 spiro atoms. The van der Waals surface area contributed by atoms with Gasteiger partial charge in [-0.05, 0) is 30.3 Å². The molecule has 1 aromatic heterocycles. The fraction of sp³-hybridized carbons (Fsp3) is 0.292. The normalized spacial score (nSPS) is 13.8. The Morgan fingerprint density at radius 2 is 1.72 bits per heavy atom. The van der Waals surface area contributed by atoms with E-state index in [9.17, 15) is 9.59 Å². The molecule has 0 aliphatic carbocycles. The van der Waals surface area contributed by atoms with Crippen molar-refractivity contribution in [3.63, 3.8) is 0 Å². The summed E-state index contributed by atoms with van der Waals surface area (Å²) in [6.07, 6.45) is 0.241. The van der Waals surface area contributed by atoms with Crippen molar-refractivity contribution in [1.29, 1.82) is 0 Å². The van der Waals surface area contributed by atoms with Crippen molar-refractivity contribution in [2.24, 2.45) is 0 Å². The van der Waals surface area contributed by atoms with Crippen LogP contribution in [0.5, 0.6) is 5.75 Å². The Balaban J connectivity index is 1.36. The van der Waals surface area contributed by atoms with Crippen LogP contribution in [-0.2, 0) is 11.3 Å². The van der Waals surface area contributed by atoms with Crippen LogP contribution in [0.2, 0.25) is 0 Å². The van der Waals surface area contributed by atoms with E-state index in [1.165, 1.54) is 10.7 Å². The first kappa shape index (κ1) is 22.1. The molecule has 0 bridgehead atoms. The Kier molecular flexibility index (Phi) is 6.90. The maximum Gasteiger partial charge on any atom is 0.266 e. The number of para-hydroxylation sites is 2. The summed E-state index contributed by atoms with van der Waals surface area (Å²) in [6, 6.07) is 18.9. The number of hydrogen-bond acceptors (Lipinski definition) is 5. The number of halogens is 1.